The second-order valence-electron chi connectivity index (χ2n) is 5.39. The van der Waals surface area contributed by atoms with Crippen molar-refractivity contribution in [3.8, 4) is 0 Å². The lowest BCUT2D eigenvalue weighted by atomic mass is 10.2. The van der Waals surface area contributed by atoms with Gasteiger partial charge in [0.1, 0.15) is 0 Å². The molecule has 0 aliphatic carbocycles. The summed E-state index contributed by atoms with van der Waals surface area (Å²) in [6.45, 7) is 4.96. The Bertz CT molecular complexity index is 635. The highest BCUT2D eigenvalue weighted by Crippen LogP contribution is 2.09. The minimum absolute atomic E-state index is 0.0848. The van der Waals surface area contributed by atoms with Gasteiger partial charge in [-0.25, -0.2) is 9.78 Å². The van der Waals surface area contributed by atoms with E-state index in [0.717, 1.165) is 0 Å². The van der Waals surface area contributed by atoms with Crippen molar-refractivity contribution in [1.82, 2.24) is 20.2 Å². The fourth-order valence-corrected chi connectivity index (χ4v) is 1.94. The van der Waals surface area contributed by atoms with Crippen LogP contribution in [0.2, 0.25) is 0 Å². The molecule has 2 rings (SSSR count). The lowest BCUT2D eigenvalue weighted by Gasteiger charge is -2.10. The molecule has 1 heterocycles. The van der Waals surface area contributed by atoms with Crippen LogP contribution in [0.15, 0.2) is 43.0 Å². The van der Waals surface area contributed by atoms with Gasteiger partial charge in [-0.2, -0.15) is 0 Å². The molecule has 0 atom stereocenters. The van der Waals surface area contributed by atoms with Crippen LogP contribution < -0.4 is 16.0 Å². The summed E-state index contributed by atoms with van der Waals surface area (Å²) in [7, 11) is 0. The molecule has 0 aliphatic heterocycles. The number of anilines is 1. The van der Waals surface area contributed by atoms with E-state index < -0.39 is 0 Å². The van der Waals surface area contributed by atoms with E-state index in [-0.39, 0.29) is 18.0 Å². The van der Waals surface area contributed by atoms with Crippen molar-refractivity contribution in [2.75, 3.05) is 11.9 Å². The summed E-state index contributed by atoms with van der Waals surface area (Å²) < 4.78 is 1.88. The summed E-state index contributed by atoms with van der Waals surface area (Å²) in [5.74, 6) is -0.128. The minimum Gasteiger partial charge on any atom is -0.350 e. The molecule has 3 amide bonds. The number of rotatable bonds is 6. The smallest absolute Gasteiger partial charge is 0.319 e. The number of hydrogen-bond acceptors (Lipinski definition) is 3. The Balaban J connectivity index is 1.78. The standard InChI is InChI=1S/C16H21N5O2/c1-12(2)19-15(22)13-3-5-14(6-4-13)20-16(23)18-8-10-21-9-7-17-11-21/h3-7,9,11-12H,8,10H2,1-2H3,(H,19,22)(H2,18,20,23). The first kappa shape index (κ1) is 16.5. The molecule has 0 radical (unpaired) electrons. The molecule has 1 aromatic heterocycles. The highest BCUT2D eigenvalue weighted by Gasteiger charge is 2.07. The van der Waals surface area contributed by atoms with Crippen molar-refractivity contribution in [3.05, 3.63) is 48.5 Å². The Morgan fingerprint density at radius 3 is 2.57 bits per heavy atom. The van der Waals surface area contributed by atoms with Gasteiger partial charge in [0, 0.05) is 42.8 Å². The highest BCUT2D eigenvalue weighted by atomic mass is 16.2. The summed E-state index contributed by atoms with van der Waals surface area (Å²) >= 11 is 0. The molecular weight excluding hydrogens is 294 g/mol. The van der Waals surface area contributed by atoms with E-state index in [1.807, 2.05) is 24.6 Å². The first-order chi connectivity index (χ1) is 11.0. The quantitative estimate of drug-likeness (QED) is 0.760. The van der Waals surface area contributed by atoms with Crippen molar-refractivity contribution >= 4 is 17.6 Å². The molecule has 0 fully saturated rings. The fourth-order valence-electron chi connectivity index (χ4n) is 1.94. The number of urea groups is 1. The zero-order valence-corrected chi connectivity index (χ0v) is 13.2. The zero-order valence-electron chi connectivity index (χ0n) is 13.2. The first-order valence-electron chi connectivity index (χ1n) is 7.46. The van der Waals surface area contributed by atoms with Gasteiger partial charge < -0.3 is 20.5 Å². The molecule has 0 saturated carbocycles. The summed E-state index contributed by atoms with van der Waals surface area (Å²) in [6, 6.07) is 6.55. The summed E-state index contributed by atoms with van der Waals surface area (Å²) in [5, 5.41) is 8.29. The predicted molar refractivity (Wildman–Crippen MR) is 88.3 cm³/mol. The SMILES string of the molecule is CC(C)NC(=O)c1ccc(NC(=O)NCCn2ccnc2)cc1. The third-order valence-electron chi connectivity index (χ3n) is 3.04. The molecule has 23 heavy (non-hydrogen) atoms. The lowest BCUT2D eigenvalue weighted by Crippen LogP contribution is -2.31. The number of aromatic nitrogens is 2. The van der Waals surface area contributed by atoms with E-state index in [1.54, 1.807) is 36.8 Å². The van der Waals surface area contributed by atoms with Crippen LogP contribution in [-0.2, 0) is 6.54 Å². The fraction of sp³-hybridized carbons (Fsp3) is 0.312. The van der Waals surface area contributed by atoms with Gasteiger partial charge in [-0.3, -0.25) is 4.79 Å². The molecule has 122 valence electrons. The summed E-state index contributed by atoms with van der Waals surface area (Å²) in [4.78, 5) is 27.5. The zero-order chi connectivity index (χ0) is 16.7. The number of nitrogens with zero attached hydrogens (tertiary/aromatic N) is 2. The largest absolute Gasteiger partial charge is 0.350 e. The van der Waals surface area contributed by atoms with Crippen LogP contribution in [0.3, 0.4) is 0 Å². The number of carbonyl (C=O) groups is 2. The van der Waals surface area contributed by atoms with Crippen molar-refractivity contribution < 1.29 is 9.59 Å². The topological polar surface area (TPSA) is 88.0 Å². The van der Waals surface area contributed by atoms with Crippen molar-refractivity contribution in [3.63, 3.8) is 0 Å². The summed E-state index contributed by atoms with van der Waals surface area (Å²) in [5.41, 5.74) is 1.19. The second kappa shape index (κ2) is 7.98. The Labute approximate surface area is 135 Å². The number of nitrogens with one attached hydrogen (secondary N) is 3. The number of benzene rings is 1. The van der Waals surface area contributed by atoms with Gasteiger partial charge in [0.25, 0.3) is 5.91 Å². The summed E-state index contributed by atoms with van der Waals surface area (Å²) in [6.07, 6.45) is 5.22. The molecule has 1 aromatic carbocycles. The van der Waals surface area contributed by atoms with Gasteiger partial charge in [0.05, 0.1) is 6.33 Å². The van der Waals surface area contributed by atoms with Gasteiger partial charge in [-0.05, 0) is 38.1 Å². The van der Waals surface area contributed by atoms with Crippen LogP contribution in [-0.4, -0.2) is 34.1 Å². The van der Waals surface area contributed by atoms with Crippen LogP contribution in [0.25, 0.3) is 0 Å². The first-order valence-corrected chi connectivity index (χ1v) is 7.46. The van der Waals surface area contributed by atoms with Crippen LogP contribution in [0.4, 0.5) is 10.5 Å². The van der Waals surface area contributed by atoms with Crippen molar-refractivity contribution in [1.29, 1.82) is 0 Å². The van der Waals surface area contributed by atoms with E-state index in [1.165, 1.54) is 0 Å². The van der Waals surface area contributed by atoms with Gasteiger partial charge in [-0.1, -0.05) is 0 Å². The monoisotopic (exact) mass is 315 g/mol. The molecule has 2 aromatic rings. The van der Waals surface area contributed by atoms with Gasteiger partial charge in [0.2, 0.25) is 0 Å². The van der Waals surface area contributed by atoms with Crippen molar-refractivity contribution in [2.45, 2.75) is 26.4 Å². The predicted octanol–water partition coefficient (Wildman–Crippen LogP) is 1.84. The number of carbonyl (C=O) groups excluding carboxylic acids is 2. The maximum Gasteiger partial charge on any atom is 0.319 e. The highest BCUT2D eigenvalue weighted by molar-refractivity contribution is 5.95. The molecule has 0 saturated heterocycles. The van der Waals surface area contributed by atoms with Crippen LogP contribution in [0.1, 0.15) is 24.2 Å². The molecule has 0 bridgehead atoms. The number of hydrogen-bond donors (Lipinski definition) is 3. The number of imidazole rings is 1. The minimum atomic E-state index is -0.288. The van der Waals surface area contributed by atoms with Crippen LogP contribution in [0, 0.1) is 0 Å². The Kier molecular flexibility index (Phi) is 5.74. The Morgan fingerprint density at radius 1 is 1.22 bits per heavy atom. The maximum absolute atomic E-state index is 11.8. The lowest BCUT2D eigenvalue weighted by molar-refractivity contribution is 0.0943. The third kappa shape index (κ3) is 5.46. The van der Waals surface area contributed by atoms with Gasteiger partial charge >= 0.3 is 6.03 Å². The third-order valence-corrected chi connectivity index (χ3v) is 3.04. The Hall–Kier alpha value is -2.83. The van der Waals surface area contributed by atoms with E-state index >= 15 is 0 Å². The molecular formula is C16H21N5O2. The van der Waals surface area contributed by atoms with E-state index in [9.17, 15) is 9.59 Å². The molecule has 0 aliphatic rings. The number of amides is 3. The van der Waals surface area contributed by atoms with Crippen LogP contribution in [0.5, 0.6) is 0 Å². The van der Waals surface area contributed by atoms with Crippen LogP contribution >= 0.6 is 0 Å². The van der Waals surface area contributed by atoms with E-state index in [4.69, 9.17) is 0 Å². The van der Waals surface area contributed by atoms with E-state index in [2.05, 4.69) is 20.9 Å². The molecule has 0 spiro atoms. The molecule has 7 nitrogen and oxygen atoms in total. The Morgan fingerprint density at radius 2 is 1.96 bits per heavy atom. The van der Waals surface area contributed by atoms with Gasteiger partial charge in [-0.15, -0.1) is 0 Å². The second-order valence-corrected chi connectivity index (χ2v) is 5.39. The normalized spacial score (nSPS) is 10.4. The maximum atomic E-state index is 11.8. The molecule has 3 N–H and O–H groups in total. The van der Waals surface area contributed by atoms with Crippen molar-refractivity contribution in [2.24, 2.45) is 0 Å². The van der Waals surface area contributed by atoms with E-state index in [0.29, 0.717) is 24.3 Å². The molecule has 7 heteroatoms. The average Bonchev–Trinajstić information content (AvgIpc) is 3.00. The average molecular weight is 315 g/mol. The van der Waals surface area contributed by atoms with Gasteiger partial charge in [0.15, 0.2) is 0 Å². The molecule has 0 unspecified atom stereocenters.